The zero-order chi connectivity index (χ0) is 15.2. The average molecular weight is 291 g/mol. The van der Waals surface area contributed by atoms with E-state index in [-0.39, 0.29) is 5.69 Å². The van der Waals surface area contributed by atoms with Crippen LogP contribution in [0.4, 0.5) is 20.2 Å². The van der Waals surface area contributed by atoms with Crippen LogP contribution in [0.3, 0.4) is 0 Å². The van der Waals surface area contributed by atoms with Gasteiger partial charge in [0.15, 0.2) is 0 Å². The van der Waals surface area contributed by atoms with E-state index >= 15 is 0 Å². The predicted octanol–water partition coefficient (Wildman–Crippen LogP) is 3.43. The molecule has 0 aliphatic carbocycles. The van der Waals surface area contributed by atoms with Crippen molar-refractivity contribution in [3.63, 3.8) is 0 Å². The van der Waals surface area contributed by atoms with E-state index in [9.17, 15) is 13.6 Å². The third-order valence-electron chi connectivity index (χ3n) is 2.75. The van der Waals surface area contributed by atoms with Gasteiger partial charge in [0.2, 0.25) is 0 Å². The van der Waals surface area contributed by atoms with Gasteiger partial charge in [-0.05, 0) is 24.6 Å². The van der Waals surface area contributed by atoms with Crippen molar-refractivity contribution in [1.82, 2.24) is 4.98 Å². The Balaban J connectivity index is 2.20. The molecule has 2 N–H and O–H groups in total. The number of nitrogens with zero attached hydrogens (tertiary/aromatic N) is 1. The molecular weight excluding hydrogens is 276 g/mol. The Hall–Kier alpha value is -2.50. The molecule has 0 bridgehead atoms. The van der Waals surface area contributed by atoms with Crippen LogP contribution in [0, 0.1) is 11.6 Å². The zero-order valence-electron chi connectivity index (χ0n) is 11.5. The monoisotopic (exact) mass is 291 g/mol. The largest absolute Gasteiger partial charge is 0.384 e. The summed E-state index contributed by atoms with van der Waals surface area (Å²) in [4.78, 5) is 16.1. The van der Waals surface area contributed by atoms with Crippen LogP contribution in [0.15, 0.2) is 36.7 Å². The van der Waals surface area contributed by atoms with E-state index in [1.54, 1.807) is 12.3 Å². The Kier molecular flexibility index (Phi) is 4.81. The van der Waals surface area contributed by atoms with E-state index in [1.165, 1.54) is 6.20 Å². The maximum absolute atomic E-state index is 13.1. The Labute approximate surface area is 121 Å². The number of pyridine rings is 1. The smallest absolute Gasteiger partial charge is 0.259 e. The minimum Gasteiger partial charge on any atom is -0.384 e. The Morgan fingerprint density at radius 1 is 1.24 bits per heavy atom. The maximum Gasteiger partial charge on any atom is 0.259 e. The van der Waals surface area contributed by atoms with Crippen molar-refractivity contribution in [2.24, 2.45) is 0 Å². The van der Waals surface area contributed by atoms with Crippen molar-refractivity contribution < 1.29 is 13.6 Å². The van der Waals surface area contributed by atoms with Crippen LogP contribution >= 0.6 is 0 Å². The summed E-state index contributed by atoms with van der Waals surface area (Å²) in [6, 6.07) is 4.53. The molecule has 0 radical (unpaired) electrons. The molecule has 2 rings (SSSR count). The standard InChI is InChI=1S/C15H15F2N3O/c1-2-4-19-14-3-5-18-9-13(14)15(21)20-12-7-10(16)6-11(17)8-12/h3,5-9H,2,4H2,1H3,(H,18,19)(H,20,21). The van der Waals surface area contributed by atoms with Gasteiger partial charge in [-0.3, -0.25) is 9.78 Å². The zero-order valence-corrected chi connectivity index (χ0v) is 11.5. The molecule has 0 unspecified atom stereocenters. The number of hydrogen-bond donors (Lipinski definition) is 2. The third kappa shape index (κ3) is 3.98. The SMILES string of the molecule is CCCNc1ccncc1C(=O)Nc1cc(F)cc(F)c1. The number of rotatable bonds is 5. The van der Waals surface area contributed by atoms with Crippen LogP contribution in [-0.4, -0.2) is 17.4 Å². The third-order valence-corrected chi connectivity index (χ3v) is 2.75. The number of halogens is 2. The van der Waals surface area contributed by atoms with Gasteiger partial charge in [0, 0.05) is 30.7 Å². The quantitative estimate of drug-likeness (QED) is 0.887. The number of benzene rings is 1. The van der Waals surface area contributed by atoms with E-state index in [1.807, 2.05) is 6.92 Å². The Morgan fingerprint density at radius 2 is 1.95 bits per heavy atom. The summed E-state index contributed by atoms with van der Waals surface area (Å²) in [7, 11) is 0. The first-order valence-corrected chi connectivity index (χ1v) is 6.55. The topological polar surface area (TPSA) is 54.0 Å². The molecule has 0 spiro atoms. The lowest BCUT2D eigenvalue weighted by atomic mass is 10.2. The summed E-state index contributed by atoms with van der Waals surface area (Å²) in [6.45, 7) is 2.71. The molecule has 1 aromatic heterocycles. The maximum atomic E-state index is 13.1. The number of carbonyl (C=O) groups excluding carboxylic acids is 1. The molecule has 0 aliphatic heterocycles. The van der Waals surface area contributed by atoms with Crippen LogP contribution in [0.25, 0.3) is 0 Å². The summed E-state index contributed by atoms with van der Waals surface area (Å²) in [5.41, 5.74) is 1.000. The molecule has 21 heavy (non-hydrogen) atoms. The molecule has 1 aromatic carbocycles. The van der Waals surface area contributed by atoms with Gasteiger partial charge in [-0.15, -0.1) is 0 Å². The minimum atomic E-state index is -0.749. The summed E-state index contributed by atoms with van der Waals surface area (Å²) >= 11 is 0. The van der Waals surface area contributed by atoms with Gasteiger partial charge in [0.25, 0.3) is 5.91 Å². The lowest BCUT2D eigenvalue weighted by Crippen LogP contribution is -2.15. The van der Waals surface area contributed by atoms with Gasteiger partial charge in [-0.1, -0.05) is 6.92 Å². The van der Waals surface area contributed by atoms with E-state index in [4.69, 9.17) is 0 Å². The van der Waals surface area contributed by atoms with Crippen LogP contribution < -0.4 is 10.6 Å². The molecule has 1 amide bonds. The molecule has 0 saturated carbocycles. The van der Waals surface area contributed by atoms with Crippen molar-refractivity contribution in [3.05, 3.63) is 53.9 Å². The van der Waals surface area contributed by atoms with Crippen molar-refractivity contribution in [1.29, 1.82) is 0 Å². The predicted molar refractivity (Wildman–Crippen MR) is 77.3 cm³/mol. The second-order valence-corrected chi connectivity index (χ2v) is 4.46. The Bertz CT molecular complexity index is 626. The van der Waals surface area contributed by atoms with Crippen LogP contribution in [0.1, 0.15) is 23.7 Å². The lowest BCUT2D eigenvalue weighted by molar-refractivity contribution is 0.102. The number of carbonyl (C=O) groups is 1. The van der Waals surface area contributed by atoms with Gasteiger partial charge in [-0.2, -0.15) is 0 Å². The summed E-state index contributed by atoms with van der Waals surface area (Å²) in [6.07, 6.45) is 3.87. The number of aromatic nitrogens is 1. The normalized spacial score (nSPS) is 10.2. The van der Waals surface area contributed by atoms with Crippen LogP contribution in [0.2, 0.25) is 0 Å². The molecule has 0 saturated heterocycles. The van der Waals surface area contributed by atoms with Gasteiger partial charge < -0.3 is 10.6 Å². The molecule has 0 aliphatic rings. The highest BCUT2D eigenvalue weighted by atomic mass is 19.1. The molecule has 4 nitrogen and oxygen atoms in total. The van der Waals surface area contributed by atoms with E-state index in [0.29, 0.717) is 17.8 Å². The summed E-state index contributed by atoms with van der Waals surface area (Å²) in [5.74, 6) is -1.98. The fraction of sp³-hybridized carbons (Fsp3) is 0.200. The number of nitrogens with one attached hydrogen (secondary N) is 2. The van der Waals surface area contributed by atoms with Gasteiger partial charge in [0.05, 0.1) is 11.3 Å². The first-order valence-electron chi connectivity index (χ1n) is 6.55. The fourth-order valence-electron chi connectivity index (χ4n) is 1.81. The van der Waals surface area contributed by atoms with Crippen LogP contribution in [-0.2, 0) is 0 Å². The molecule has 6 heteroatoms. The van der Waals surface area contributed by atoms with Gasteiger partial charge >= 0.3 is 0 Å². The van der Waals surface area contributed by atoms with Crippen molar-refractivity contribution in [2.45, 2.75) is 13.3 Å². The van der Waals surface area contributed by atoms with E-state index in [2.05, 4.69) is 15.6 Å². The summed E-state index contributed by atoms with van der Waals surface area (Å²) in [5, 5.41) is 5.56. The van der Waals surface area contributed by atoms with E-state index in [0.717, 1.165) is 24.6 Å². The average Bonchev–Trinajstić information content (AvgIpc) is 2.44. The minimum absolute atomic E-state index is 0.0581. The molecule has 2 aromatic rings. The molecular formula is C15H15F2N3O. The highest BCUT2D eigenvalue weighted by molar-refractivity contribution is 6.07. The lowest BCUT2D eigenvalue weighted by Gasteiger charge is -2.11. The van der Waals surface area contributed by atoms with E-state index < -0.39 is 17.5 Å². The van der Waals surface area contributed by atoms with Crippen LogP contribution in [0.5, 0.6) is 0 Å². The van der Waals surface area contributed by atoms with Gasteiger partial charge in [0.1, 0.15) is 11.6 Å². The highest BCUT2D eigenvalue weighted by Crippen LogP contribution is 2.18. The number of amides is 1. The first-order chi connectivity index (χ1) is 10.1. The van der Waals surface area contributed by atoms with Crippen molar-refractivity contribution in [2.75, 3.05) is 17.2 Å². The van der Waals surface area contributed by atoms with Crippen molar-refractivity contribution in [3.8, 4) is 0 Å². The fourth-order valence-corrected chi connectivity index (χ4v) is 1.81. The number of anilines is 2. The number of hydrogen-bond acceptors (Lipinski definition) is 3. The second-order valence-electron chi connectivity index (χ2n) is 4.46. The summed E-state index contributed by atoms with van der Waals surface area (Å²) < 4.78 is 26.2. The van der Waals surface area contributed by atoms with Gasteiger partial charge in [-0.25, -0.2) is 8.78 Å². The first kappa shape index (κ1) is 14.9. The van der Waals surface area contributed by atoms with Crippen molar-refractivity contribution >= 4 is 17.3 Å². The molecule has 1 heterocycles. The molecule has 0 fully saturated rings. The Morgan fingerprint density at radius 3 is 2.62 bits per heavy atom. The second kappa shape index (κ2) is 6.78. The molecule has 0 atom stereocenters. The molecule has 110 valence electrons. The highest BCUT2D eigenvalue weighted by Gasteiger charge is 2.12.